The van der Waals surface area contributed by atoms with Crippen LogP contribution in [0.3, 0.4) is 0 Å². The summed E-state index contributed by atoms with van der Waals surface area (Å²) in [5.74, 6) is 0.744. The molecule has 0 radical (unpaired) electrons. The van der Waals surface area contributed by atoms with Crippen LogP contribution >= 0.6 is 11.3 Å². The lowest BCUT2D eigenvalue weighted by molar-refractivity contribution is 0.662. The van der Waals surface area contributed by atoms with Gasteiger partial charge in [-0.3, -0.25) is 9.36 Å². The normalized spacial score (nSPS) is 11.1. The zero-order chi connectivity index (χ0) is 25.1. The molecular formula is C32H30N2OS. The minimum Gasteiger partial charge on any atom is -0.292 e. The van der Waals surface area contributed by atoms with E-state index in [1.54, 1.807) is 11.3 Å². The van der Waals surface area contributed by atoms with Crippen LogP contribution in [0.2, 0.25) is 0 Å². The maximum absolute atomic E-state index is 14.1. The molecule has 0 bridgehead atoms. The molecule has 3 nitrogen and oxygen atoms in total. The molecule has 36 heavy (non-hydrogen) atoms. The monoisotopic (exact) mass is 490 g/mol. The van der Waals surface area contributed by atoms with Gasteiger partial charge in [0.25, 0.3) is 5.56 Å². The van der Waals surface area contributed by atoms with Gasteiger partial charge in [0.1, 0.15) is 5.82 Å². The summed E-state index contributed by atoms with van der Waals surface area (Å²) >= 11 is 1.67. The number of aryl methyl sites for hydroxylation is 4. The van der Waals surface area contributed by atoms with E-state index in [-0.39, 0.29) is 5.56 Å². The van der Waals surface area contributed by atoms with Crippen LogP contribution in [0.25, 0.3) is 21.8 Å². The van der Waals surface area contributed by atoms with E-state index in [9.17, 15) is 4.79 Å². The molecule has 180 valence electrons. The third kappa shape index (κ3) is 4.95. The Labute approximate surface area is 216 Å². The summed E-state index contributed by atoms with van der Waals surface area (Å²) in [6.07, 6.45) is 1.55. The minimum atomic E-state index is 0.0317. The van der Waals surface area contributed by atoms with E-state index in [4.69, 9.17) is 4.98 Å². The number of rotatable bonds is 7. The fourth-order valence-electron chi connectivity index (χ4n) is 4.65. The van der Waals surface area contributed by atoms with Crippen molar-refractivity contribution >= 4 is 11.3 Å². The number of thiophene rings is 1. The minimum absolute atomic E-state index is 0.0317. The zero-order valence-electron chi connectivity index (χ0n) is 21.0. The average molecular weight is 491 g/mol. The molecule has 2 aromatic heterocycles. The summed E-state index contributed by atoms with van der Waals surface area (Å²) in [4.78, 5) is 21.5. The van der Waals surface area contributed by atoms with Gasteiger partial charge in [0, 0.05) is 21.9 Å². The van der Waals surface area contributed by atoms with Crippen LogP contribution in [0.1, 0.15) is 32.8 Å². The molecule has 0 spiro atoms. The molecule has 0 saturated heterocycles. The molecule has 3 aromatic carbocycles. The second kappa shape index (κ2) is 10.5. The number of benzene rings is 3. The topological polar surface area (TPSA) is 34.9 Å². The Morgan fingerprint density at radius 1 is 0.806 bits per heavy atom. The van der Waals surface area contributed by atoms with Crippen molar-refractivity contribution in [2.75, 3.05) is 0 Å². The molecule has 0 unspecified atom stereocenters. The number of hydrogen-bond acceptors (Lipinski definition) is 3. The van der Waals surface area contributed by atoms with Crippen LogP contribution < -0.4 is 5.56 Å². The average Bonchev–Trinajstić information content (AvgIpc) is 3.22. The first-order valence-electron chi connectivity index (χ1n) is 12.4. The quantitative estimate of drug-likeness (QED) is 0.238. The van der Waals surface area contributed by atoms with E-state index >= 15 is 0 Å². The highest BCUT2D eigenvalue weighted by Crippen LogP contribution is 2.32. The third-order valence-corrected chi connectivity index (χ3v) is 7.90. The fourth-order valence-corrected chi connectivity index (χ4v) is 5.77. The molecule has 0 N–H and O–H groups in total. The summed E-state index contributed by atoms with van der Waals surface area (Å²) in [5.41, 5.74) is 7.36. The Morgan fingerprint density at radius 2 is 1.44 bits per heavy atom. The van der Waals surface area contributed by atoms with Crippen LogP contribution in [0.4, 0.5) is 0 Å². The fraction of sp³-hybridized carbons (Fsp3) is 0.188. The van der Waals surface area contributed by atoms with Gasteiger partial charge in [-0.25, -0.2) is 4.98 Å². The SMILES string of the molecule is Cc1cc(-c2c(C)nc(-c3ccccc3Cc3ccccc3)n(CCc3ccccc3)c2=O)sc1C. The molecule has 4 heteroatoms. The molecule has 5 rings (SSSR count). The van der Waals surface area contributed by atoms with E-state index in [1.807, 2.05) is 41.8 Å². The molecule has 0 fully saturated rings. The van der Waals surface area contributed by atoms with Gasteiger partial charge < -0.3 is 0 Å². The van der Waals surface area contributed by atoms with Crippen LogP contribution in [0.5, 0.6) is 0 Å². The van der Waals surface area contributed by atoms with Crippen molar-refractivity contribution in [3.05, 3.63) is 134 Å². The zero-order valence-corrected chi connectivity index (χ0v) is 21.8. The van der Waals surface area contributed by atoms with E-state index < -0.39 is 0 Å². The summed E-state index contributed by atoms with van der Waals surface area (Å²) < 4.78 is 1.89. The molecule has 0 saturated carbocycles. The highest BCUT2D eigenvalue weighted by molar-refractivity contribution is 7.15. The van der Waals surface area contributed by atoms with Gasteiger partial charge in [-0.2, -0.15) is 0 Å². The highest BCUT2D eigenvalue weighted by atomic mass is 32.1. The van der Waals surface area contributed by atoms with Gasteiger partial charge in [-0.15, -0.1) is 11.3 Å². The van der Waals surface area contributed by atoms with Gasteiger partial charge in [-0.1, -0.05) is 84.9 Å². The van der Waals surface area contributed by atoms with Crippen molar-refractivity contribution in [1.82, 2.24) is 9.55 Å². The smallest absolute Gasteiger partial charge is 0.262 e. The number of nitrogens with zero attached hydrogens (tertiary/aromatic N) is 2. The highest BCUT2D eigenvalue weighted by Gasteiger charge is 2.20. The molecule has 0 aliphatic rings. The summed E-state index contributed by atoms with van der Waals surface area (Å²) in [6.45, 7) is 6.74. The maximum atomic E-state index is 14.1. The van der Waals surface area contributed by atoms with Crippen molar-refractivity contribution in [2.45, 2.75) is 40.2 Å². The lowest BCUT2D eigenvalue weighted by atomic mass is 9.98. The Kier molecular flexibility index (Phi) is 6.97. The van der Waals surface area contributed by atoms with Crippen molar-refractivity contribution in [3.8, 4) is 21.8 Å². The van der Waals surface area contributed by atoms with Gasteiger partial charge in [-0.05, 0) is 61.9 Å². The molecular weight excluding hydrogens is 460 g/mol. The first kappa shape index (κ1) is 24.0. The number of hydrogen-bond donors (Lipinski definition) is 0. The van der Waals surface area contributed by atoms with Crippen LogP contribution in [0, 0.1) is 20.8 Å². The molecule has 0 aliphatic heterocycles. The second-order valence-electron chi connectivity index (χ2n) is 9.26. The van der Waals surface area contributed by atoms with E-state index in [2.05, 4.69) is 74.5 Å². The van der Waals surface area contributed by atoms with Crippen molar-refractivity contribution in [3.63, 3.8) is 0 Å². The summed E-state index contributed by atoms with van der Waals surface area (Å²) in [5, 5.41) is 0. The molecule has 0 amide bonds. The van der Waals surface area contributed by atoms with Gasteiger partial charge in [0.05, 0.1) is 11.3 Å². The lowest BCUT2D eigenvalue weighted by Gasteiger charge is -2.18. The second-order valence-corrected chi connectivity index (χ2v) is 10.5. The molecule has 0 aliphatic carbocycles. The Morgan fingerprint density at radius 3 is 2.11 bits per heavy atom. The van der Waals surface area contributed by atoms with E-state index in [0.717, 1.165) is 34.8 Å². The molecule has 5 aromatic rings. The largest absolute Gasteiger partial charge is 0.292 e. The third-order valence-electron chi connectivity index (χ3n) is 6.73. The molecule has 2 heterocycles. The lowest BCUT2D eigenvalue weighted by Crippen LogP contribution is -2.27. The van der Waals surface area contributed by atoms with Gasteiger partial charge in [0.15, 0.2) is 0 Å². The maximum Gasteiger partial charge on any atom is 0.262 e. The van der Waals surface area contributed by atoms with Crippen molar-refractivity contribution < 1.29 is 0 Å². The Bertz CT molecular complexity index is 1530. The Hall–Kier alpha value is -3.76. The molecule has 0 atom stereocenters. The van der Waals surface area contributed by atoms with Gasteiger partial charge in [0.2, 0.25) is 0 Å². The van der Waals surface area contributed by atoms with Crippen LogP contribution in [-0.4, -0.2) is 9.55 Å². The van der Waals surface area contributed by atoms with E-state index in [1.165, 1.54) is 27.1 Å². The predicted molar refractivity (Wildman–Crippen MR) is 151 cm³/mol. The van der Waals surface area contributed by atoms with E-state index in [0.29, 0.717) is 12.1 Å². The van der Waals surface area contributed by atoms with Crippen molar-refractivity contribution in [1.29, 1.82) is 0 Å². The van der Waals surface area contributed by atoms with Gasteiger partial charge >= 0.3 is 0 Å². The first-order valence-corrected chi connectivity index (χ1v) is 13.2. The predicted octanol–water partition coefficient (Wildman–Crippen LogP) is 7.40. The van der Waals surface area contributed by atoms with Crippen molar-refractivity contribution in [2.24, 2.45) is 0 Å². The van der Waals surface area contributed by atoms with Crippen LogP contribution in [-0.2, 0) is 19.4 Å². The standard InChI is InChI=1S/C32H30N2OS/c1-22-20-29(36-24(22)3)30-23(2)33-31(34(32(30)35)19-18-25-12-6-4-7-13-25)28-17-11-10-16-27(28)21-26-14-8-5-9-15-26/h4-17,20H,18-19,21H2,1-3H3. The summed E-state index contributed by atoms with van der Waals surface area (Å²) in [7, 11) is 0. The summed E-state index contributed by atoms with van der Waals surface area (Å²) in [6, 6.07) is 31.2. The van der Waals surface area contributed by atoms with Crippen LogP contribution in [0.15, 0.2) is 95.8 Å². The first-order chi connectivity index (χ1) is 17.5. The number of aromatic nitrogens is 2. The Balaban J connectivity index is 1.66.